The molecular weight excluding hydrogens is 326 g/mol. The van der Waals surface area contributed by atoms with E-state index in [-0.39, 0.29) is 11.9 Å². The van der Waals surface area contributed by atoms with Crippen LogP contribution in [0.15, 0.2) is 11.8 Å². The zero-order chi connectivity index (χ0) is 18.5. The first-order chi connectivity index (χ1) is 12.5. The van der Waals surface area contributed by atoms with Crippen LogP contribution in [0.25, 0.3) is 0 Å². The van der Waals surface area contributed by atoms with Crippen molar-refractivity contribution in [1.29, 1.82) is 0 Å². The van der Waals surface area contributed by atoms with Crippen molar-refractivity contribution in [2.24, 2.45) is 17.8 Å². The van der Waals surface area contributed by atoms with E-state index in [0.29, 0.717) is 30.7 Å². The lowest BCUT2D eigenvalue weighted by molar-refractivity contribution is -0.133. The van der Waals surface area contributed by atoms with Gasteiger partial charge in [0.1, 0.15) is 0 Å². The molecule has 2 saturated heterocycles. The van der Waals surface area contributed by atoms with Gasteiger partial charge in [-0.15, -0.1) is 0 Å². The predicted molar refractivity (Wildman–Crippen MR) is 104 cm³/mol. The monoisotopic (exact) mass is 361 g/mol. The summed E-state index contributed by atoms with van der Waals surface area (Å²) in [6.07, 6.45) is 10.6. The molecule has 0 aromatic rings. The standard InChI is InChI=1S/C21H35N3O2/c1-16-13-17(2)15-23(14-16)20(25)10-5-11-22-21(26)24-12-6-8-18-7-3-4-9-19(18)24/h9,16-18H,3-8,10-15H2,1-2H3,(H,22,26). The van der Waals surface area contributed by atoms with Gasteiger partial charge in [-0.1, -0.05) is 19.9 Å². The Balaban J connectivity index is 1.40. The van der Waals surface area contributed by atoms with Crippen molar-refractivity contribution in [1.82, 2.24) is 15.1 Å². The maximum Gasteiger partial charge on any atom is 0.321 e. The van der Waals surface area contributed by atoms with Crippen LogP contribution in [0.3, 0.4) is 0 Å². The molecule has 26 heavy (non-hydrogen) atoms. The van der Waals surface area contributed by atoms with E-state index in [2.05, 4.69) is 25.2 Å². The van der Waals surface area contributed by atoms with Crippen LogP contribution in [0.2, 0.25) is 0 Å². The molecule has 0 bridgehead atoms. The largest absolute Gasteiger partial charge is 0.342 e. The van der Waals surface area contributed by atoms with Crippen molar-refractivity contribution in [2.75, 3.05) is 26.2 Å². The first kappa shape index (κ1) is 19.2. The molecule has 0 aromatic heterocycles. The quantitative estimate of drug-likeness (QED) is 0.775. The second-order valence-electron chi connectivity index (χ2n) is 8.63. The molecule has 2 aliphatic heterocycles. The summed E-state index contributed by atoms with van der Waals surface area (Å²) in [7, 11) is 0. The minimum Gasteiger partial charge on any atom is -0.342 e. The summed E-state index contributed by atoms with van der Waals surface area (Å²) < 4.78 is 0. The van der Waals surface area contributed by atoms with Crippen molar-refractivity contribution in [2.45, 2.75) is 65.2 Å². The summed E-state index contributed by atoms with van der Waals surface area (Å²) in [5.41, 5.74) is 1.24. The lowest BCUT2D eigenvalue weighted by atomic mass is 9.85. The van der Waals surface area contributed by atoms with E-state index in [1.807, 2.05) is 9.80 Å². The average Bonchev–Trinajstić information content (AvgIpc) is 2.63. The zero-order valence-corrected chi connectivity index (χ0v) is 16.5. The molecule has 3 atom stereocenters. The lowest BCUT2D eigenvalue weighted by Gasteiger charge is -2.38. The normalized spacial score (nSPS) is 29.0. The third-order valence-electron chi connectivity index (χ3n) is 6.08. The molecule has 146 valence electrons. The minimum atomic E-state index is 0.0236. The smallest absolute Gasteiger partial charge is 0.321 e. The van der Waals surface area contributed by atoms with Gasteiger partial charge in [0.25, 0.3) is 0 Å². The molecule has 0 saturated carbocycles. The molecule has 0 radical (unpaired) electrons. The lowest BCUT2D eigenvalue weighted by Crippen LogP contribution is -2.45. The number of hydrogen-bond donors (Lipinski definition) is 1. The molecule has 1 aliphatic carbocycles. The van der Waals surface area contributed by atoms with Crippen molar-refractivity contribution in [3.8, 4) is 0 Å². The molecule has 3 rings (SSSR count). The van der Waals surface area contributed by atoms with Crippen LogP contribution in [0.4, 0.5) is 4.79 Å². The van der Waals surface area contributed by atoms with E-state index >= 15 is 0 Å². The highest BCUT2D eigenvalue weighted by molar-refractivity contribution is 5.77. The molecule has 0 aromatic carbocycles. The van der Waals surface area contributed by atoms with Crippen molar-refractivity contribution < 1.29 is 9.59 Å². The topological polar surface area (TPSA) is 52.7 Å². The van der Waals surface area contributed by atoms with E-state index in [0.717, 1.165) is 38.9 Å². The van der Waals surface area contributed by atoms with Gasteiger partial charge in [-0.05, 0) is 62.7 Å². The molecule has 2 fully saturated rings. The Morgan fingerprint density at radius 1 is 1.15 bits per heavy atom. The third kappa shape index (κ3) is 4.80. The molecule has 2 heterocycles. The van der Waals surface area contributed by atoms with E-state index in [9.17, 15) is 9.59 Å². The molecule has 3 aliphatic rings. The maximum atomic E-state index is 12.6. The van der Waals surface area contributed by atoms with E-state index in [1.54, 1.807) is 0 Å². The number of hydrogen-bond acceptors (Lipinski definition) is 2. The Bertz CT molecular complexity index is 535. The number of nitrogens with zero attached hydrogens (tertiary/aromatic N) is 2. The molecule has 1 N–H and O–H groups in total. The summed E-state index contributed by atoms with van der Waals surface area (Å²) in [6.45, 7) is 7.64. The number of allylic oxidation sites excluding steroid dienone is 2. The summed E-state index contributed by atoms with van der Waals surface area (Å²) in [5.74, 6) is 2.01. The van der Waals surface area contributed by atoms with Crippen LogP contribution in [0, 0.1) is 17.8 Å². The number of likely N-dealkylation sites (tertiary alicyclic amines) is 2. The number of urea groups is 1. The maximum absolute atomic E-state index is 12.6. The van der Waals surface area contributed by atoms with Crippen molar-refractivity contribution in [3.05, 3.63) is 11.8 Å². The van der Waals surface area contributed by atoms with Crippen molar-refractivity contribution >= 4 is 11.9 Å². The first-order valence-electron chi connectivity index (χ1n) is 10.6. The van der Waals surface area contributed by atoms with Crippen LogP contribution in [-0.2, 0) is 4.79 Å². The van der Waals surface area contributed by atoms with Gasteiger partial charge in [-0.3, -0.25) is 9.69 Å². The van der Waals surface area contributed by atoms with Crippen LogP contribution < -0.4 is 5.32 Å². The van der Waals surface area contributed by atoms with Crippen molar-refractivity contribution in [3.63, 3.8) is 0 Å². The Morgan fingerprint density at radius 2 is 1.88 bits per heavy atom. The fourth-order valence-electron chi connectivity index (χ4n) is 4.95. The second kappa shape index (κ2) is 8.92. The second-order valence-corrected chi connectivity index (χ2v) is 8.63. The molecule has 0 spiro atoms. The SMILES string of the molecule is CC1CC(C)CN(C(=O)CCCNC(=O)N2CCCC3CCCC=C32)C1. The fraction of sp³-hybridized carbons (Fsp3) is 0.810. The number of fused-ring (bicyclic) bond motifs is 1. The Labute approximate surface area is 158 Å². The fourth-order valence-corrected chi connectivity index (χ4v) is 4.95. The highest BCUT2D eigenvalue weighted by atomic mass is 16.2. The molecule has 3 amide bonds. The minimum absolute atomic E-state index is 0.0236. The van der Waals surface area contributed by atoms with Gasteiger partial charge in [0, 0.05) is 38.3 Å². The predicted octanol–water partition coefficient (Wildman–Crippen LogP) is 3.76. The number of piperidine rings is 2. The highest BCUT2D eigenvalue weighted by Gasteiger charge is 2.30. The van der Waals surface area contributed by atoms with Gasteiger partial charge in [0.15, 0.2) is 0 Å². The van der Waals surface area contributed by atoms with Crippen LogP contribution >= 0.6 is 0 Å². The molecule has 3 unspecified atom stereocenters. The summed E-state index contributed by atoms with van der Waals surface area (Å²) in [4.78, 5) is 28.9. The van der Waals surface area contributed by atoms with Gasteiger partial charge < -0.3 is 10.2 Å². The van der Waals surface area contributed by atoms with E-state index in [1.165, 1.54) is 31.4 Å². The number of nitrogens with one attached hydrogen (secondary N) is 1. The van der Waals surface area contributed by atoms with Crippen LogP contribution in [-0.4, -0.2) is 47.9 Å². The number of rotatable bonds is 4. The van der Waals surface area contributed by atoms with Crippen LogP contribution in [0.5, 0.6) is 0 Å². The van der Waals surface area contributed by atoms with Crippen LogP contribution in [0.1, 0.15) is 65.2 Å². The Hall–Kier alpha value is -1.52. The highest BCUT2D eigenvalue weighted by Crippen LogP contribution is 2.34. The van der Waals surface area contributed by atoms with E-state index in [4.69, 9.17) is 0 Å². The van der Waals surface area contributed by atoms with Gasteiger partial charge in [0.05, 0.1) is 0 Å². The van der Waals surface area contributed by atoms with Gasteiger partial charge in [0.2, 0.25) is 5.91 Å². The Kier molecular flexibility index (Phi) is 6.60. The van der Waals surface area contributed by atoms with Gasteiger partial charge in [-0.25, -0.2) is 4.79 Å². The number of carbonyl (C=O) groups is 2. The zero-order valence-electron chi connectivity index (χ0n) is 16.5. The molecule has 5 heteroatoms. The van der Waals surface area contributed by atoms with Gasteiger partial charge in [-0.2, -0.15) is 0 Å². The summed E-state index contributed by atoms with van der Waals surface area (Å²) in [5, 5.41) is 3.04. The summed E-state index contributed by atoms with van der Waals surface area (Å²) in [6, 6.07) is 0.0236. The molecular formula is C21H35N3O2. The Morgan fingerprint density at radius 3 is 2.65 bits per heavy atom. The number of amides is 3. The van der Waals surface area contributed by atoms with E-state index < -0.39 is 0 Å². The summed E-state index contributed by atoms with van der Waals surface area (Å²) >= 11 is 0. The number of carbonyl (C=O) groups excluding carboxylic acids is 2. The van der Waals surface area contributed by atoms with Gasteiger partial charge >= 0.3 is 6.03 Å². The average molecular weight is 362 g/mol. The molecule has 5 nitrogen and oxygen atoms in total. The third-order valence-corrected chi connectivity index (χ3v) is 6.08. The first-order valence-corrected chi connectivity index (χ1v) is 10.6.